The summed E-state index contributed by atoms with van der Waals surface area (Å²) >= 11 is 0. The highest BCUT2D eigenvalue weighted by Gasteiger charge is 2.12. The molecule has 0 heterocycles. The number of hydrogen-bond donors (Lipinski definition) is 1. The van der Waals surface area contributed by atoms with Gasteiger partial charge in [0.25, 0.3) is 0 Å². The van der Waals surface area contributed by atoms with Gasteiger partial charge in [0, 0.05) is 6.08 Å². The van der Waals surface area contributed by atoms with Crippen LogP contribution in [0.5, 0.6) is 11.5 Å². The number of hydrogen-bond acceptors (Lipinski definition) is 3. The predicted octanol–water partition coefficient (Wildman–Crippen LogP) is 4.89. The van der Waals surface area contributed by atoms with E-state index >= 15 is 0 Å². The molecule has 3 rings (SSSR count). The molecule has 0 aliphatic carbocycles. The van der Waals surface area contributed by atoms with E-state index in [1.54, 1.807) is 26.4 Å². The Bertz CT molecular complexity index is 957. The molecule has 4 nitrogen and oxygen atoms in total. The Balaban J connectivity index is 2.03. The second-order valence-electron chi connectivity index (χ2n) is 5.91. The number of ether oxygens (including phenoxy) is 2. The van der Waals surface area contributed by atoms with Crippen LogP contribution in [-0.4, -0.2) is 25.3 Å². The molecule has 136 valence electrons. The third-order valence-electron chi connectivity index (χ3n) is 4.27. The highest BCUT2D eigenvalue weighted by atomic mass is 16.5. The van der Waals surface area contributed by atoms with Crippen molar-refractivity contribution in [1.29, 1.82) is 0 Å². The first-order valence-electron chi connectivity index (χ1n) is 8.45. The molecule has 3 aromatic rings. The minimum atomic E-state index is -1.01. The van der Waals surface area contributed by atoms with Crippen LogP contribution in [0.3, 0.4) is 0 Å². The maximum Gasteiger partial charge on any atom is 0.328 e. The lowest BCUT2D eigenvalue weighted by Crippen LogP contribution is -1.97. The van der Waals surface area contributed by atoms with E-state index < -0.39 is 5.97 Å². The second kappa shape index (κ2) is 8.23. The molecule has 0 atom stereocenters. The quantitative estimate of drug-likeness (QED) is 0.636. The number of benzene rings is 3. The summed E-state index contributed by atoms with van der Waals surface area (Å²) in [6.07, 6.45) is 1.21. The molecule has 27 heavy (non-hydrogen) atoms. The standard InChI is InChI=1S/C23H20O4/c1-26-21-13-12-19(14-22(21)27-2)20(15-23(24)25)18-10-8-17(9-11-18)16-6-4-3-5-7-16/h3-15H,1-2H3,(H,24,25)/b20-15-. The van der Waals surface area contributed by atoms with Gasteiger partial charge in [0.05, 0.1) is 14.2 Å². The maximum atomic E-state index is 11.4. The highest BCUT2D eigenvalue weighted by molar-refractivity contribution is 5.95. The van der Waals surface area contributed by atoms with Gasteiger partial charge in [0.1, 0.15) is 0 Å². The molecule has 0 spiro atoms. The smallest absolute Gasteiger partial charge is 0.328 e. The molecular weight excluding hydrogens is 340 g/mol. The Labute approximate surface area is 158 Å². The zero-order valence-electron chi connectivity index (χ0n) is 15.2. The van der Waals surface area contributed by atoms with Crippen LogP contribution in [-0.2, 0) is 4.79 Å². The van der Waals surface area contributed by atoms with Gasteiger partial charge in [0.15, 0.2) is 11.5 Å². The molecule has 0 amide bonds. The topological polar surface area (TPSA) is 55.8 Å². The molecule has 0 unspecified atom stereocenters. The number of carboxylic acid groups (broad SMARTS) is 1. The van der Waals surface area contributed by atoms with E-state index in [4.69, 9.17) is 9.47 Å². The fraction of sp³-hybridized carbons (Fsp3) is 0.0870. The van der Waals surface area contributed by atoms with E-state index in [1.165, 1.54) is 6.08 Å². The summed E-state index contributed by atoms with van der Waals surface area (Å²) in [5.74, 6) is 0.134. The van der Waals surface area contributed by atoms with E-state index in [0.717, 1.165) is 22.3 Å². The van der Waals surface area contributed by atoms with Gasteiger partial charge in [-0.2, -0.15) is 0 Å². The summed E-state index contributed by atoms with van der Waals surface area (Å²) in [4.78, 5) is 11.4. The number of methoxy groups -OCH3 is 2. The Hall–Kier alpha value is -3.53. The van der Waals surface area contributed by atoms with Gasteiger partial charge in [0.2, 0.25) is 0 Å². The van der Waals surface area contributed by atoms with E-state index in [2.05, 4.69) is 0 Å². The summed E-state index contributed by atoms with van der Waals surface area (Å²) in [7, 11) is 3.12. The van der Waals surface area contributed by atoms with Crippen LogP contribution in [0.25, 0.3) is 16.7 Å². The van der Waals surface area contributed by atoms with Crippen LogP contribution in [0, 0.1) is 0 Å². The lowest BCUT2D eigenvalue weighted by Gasteiger charge is -2.13. The maximum absolute atomic E-state index is 11.4. The van der Waals surface area contributed by atoms with Crippen LogP contribution in [0.4, 0.5) is 0 Å². The lowest BCUT2D eigenvalue weighted by atomic mass is 9.95. The molecule has 0 aromatic heterocycles. The van der Waals surface area contributed by atoms with Crippen molar-refractivity contribution < 1.29 is 19.4 Å². The van der Waals surface area contributed by atoms with Crippen molar-refractivity contribution in [2.75, 3.05) is 14.2 Å². The van der Waals surface area contributed by atoms with Crippen molar-refractivity contribution in [2.24, 2.45) is 0 Å². The average molecular weight is 360 g/mol. The first-order chi connectivity index (χ1) is 13.1. The van der Waals surface area contributed by atoms with E-state index in [1.807, 2.05) is 60.7 Å². The Morgan fingerprint density at radius 1 is 0.778 bits per heavy atom. The molecule has 0 fully saturated rings. The number of carboxylic acids is 1. The Morgan fingerprint density at radius 3 is 1.96 bits per heavy atom. The molecule has 0 aliphatic heterocycles. The zero-order valence-corrected chi connectivity index (χ0v) is 15.2. The summed E-state index contributed by atoms with van der Waals surface area (Å²) in [5.41, 5.74) is 4.33. The van der Waals surface area contributed by atoms with Crippen LogP contribution in [0.2, 0.25) is 0 Å². The van der Waals surface area contributed by atoms with E-state index in [9.17, 15) is 9.90 Å². The van der Waals surface area contributed by atoms with E-state index in [-0.39, 0.29) is 0 Å². The van der Waals surface area contributed by atoms with Crippen LogP contribution >= 0.6 is 0 Å². The van der Waals surface area contributed by atoms with Crippen LogP contribution in [0.15, 0.2) is 78.9 Å². The number of carbonyl (C=O) groups is 1. The predicted molar refractivity (Wildman–Crippen MR) is 106 cm³/mol. The number of aliphatic carboxylic acids is 1. The fourth-order valence-electron chi connectivity index (χ4n) is 2.93. The first kappa shape index (κ1) is 18.3. The van der Waals surface area contributed by atoms with Gasteiger partial charge in [-0.1, -0.05) is 60.7 Å². The van der Waals surface area contributed by atoms with Crippen LogP contribution in [0.1, 0.15) is 11.1 Å². The van der Waals surface area contributed by atoms with E-state index in [0.29, 0.717) is 17.1 Å². The molecule has 4 heteroatoms. The number of rotatable bonds is 6. The Morgan fingerprint density at radius 2 is 1.37 bits per heavy atom. The van der Waals surface area contributed by atoms with Crippen molar-refractivity contribution in [3.05, 3.63) is 90.0 Å². The minimum absolute atomic E-state index is 0.548. The fourth-order valence-corrected chi connectivity index (χ4v) is 2.93. The minimum Gasteiger partial charge on any atom is -0.493 e. The van der Waals surface area contributed by atoms with Gasteiger partial charge < -0.3 is 14.6 Å². The van der Waals surface area contributed by atoms with Gasteiger partial charge in [-0.05, 0) is 40.0 Å². The van der Waals surface area contributed by atoms with Crippen molar-refractivity contribution in [3.8, 4) is 22.6 Å². The summed E-state index contributed by atoms with van der Waals surface area (Å²) in [6.45, 7) is 0. The largest absolute Gasteiger partial charge is 0.493 e. The SMILES string of the molecule is COc1ccc(/C(=C\C(=O)O)c2ccc(-c3ccccc3)cc2)cc1OC. The van der Waals surface area contributed by atoms with Gasteiger partial charge in [-0.25, -0.2) is 4.79 Å². The Kier molecular flexibility index (Phi) is 5.57. The summed E-state index contributed by atoms with van der Waals surface area (Å²) in [5, 5.41) is 9.33. The lowest BCUT2D eigenvalue weighted by molar-refractivity contribution is -0.131. The second-order valence-corrected chi connectivity index (χ2v) is 5.91. The normalized spacial score (nSPS) is 11.1. The van der Waals surface area contributed by atoms with Gasteiger partial charge in [-0.3, -0.25) is 0 Å². The highest BCUT2D eigenvalue weighted by Crippen LogP contribution is 2.33. The summed E-state index contributed by atoms with van der Waals surface area (Å²) in [6, 6.07) is 23.2. The molecule has 1 N–H and O–H groups in total. The first-order valence-corrected chi connectivity index (χ1v) is 8.45. The van der Waals surface area contributed by atoms with Gasteiger partial charge >= 0.3 is 5.97 Å². The molecule has 0 bridgehead atoms. The molecular formula is C23H20O4. The van der Waals surface area contributed by atoms with Crippen molar-refractivity contribution in [2.45, 2.75) is 0 Å². The third kappa shape index (κ3) is 4.18. The molecule has 0 radical (unpaired) electrons. The van der Waals surface area contributed by atoms with Crippen molar-refractivity contribution >= 4 is 11.5 Å². The van der Waals surface area contributed by atoms with Crippen molar-refractivity contribution in [3.63, 3.8) is 0 Å². The average Bonchev–Trinajstić information content (AvgIpc) is 2.72. The molecule has 0 aliphatic rings. The van der Waals surface area contributed by atoms with Gasteiger partial charge in [-0.15, -0.1) is 0 Å². The summed E-state index contributed by atoms with van der Waals surface area (Å²) < 4.78 is 10.6. The third-order valence-corrected chi connectivity index (χ3v) is 4.27. The van der Waals surface area contributed by atoms with Crippen molar-refractivity contribution in [1.82, 2.24) is 0 Å². The van der Waals surface area contributed by atoms with Crippen LogP contribution < -0.4 is 9.47 Å². The molecule has 0 saturated carbocycles. The zero-order chi connectivity index (χ0) is 19.2. The molecule has 3 aromatic carbocycles. The monoisotopic (exact) mass is 360 g/mol. The molecule has 0 saturated heterocycles.